The molecular formula is C19H14N4O2S. The summed E-state index contributed by atoms with van der Waals surface area (Å²) in [7, 11) is 0. The van der Waals surface area contributed by atoms with E-state index in [1.807, 2.05) is 22.9 Å². The summed E-state index contributed by atoms with van der Waals surface area (Å²) < 4.78 is 0. The lowest BCUT2D eigenvalue weighted by atomic mass is 10.1. The maximum atomic E-state index is 12.3. The minimum atomic E-state index is -0.505. The summed E-state index contributed by atoms with van der Waals surface area (Å²) in [5.41, 5.74) is 9.58. The number of nitrogens with one attached hydrogen (secondary N) is 2. The van der Waals surface area contributed by atoms with E-state index in [0.29, 0.717) is 22.6 Å². The normalized spacial score (nSPS) is 14.2. The van der Waals surface area contributed by atoms with Gasteiger partial charge in [-0.05, 0) is 46.7 Å². The van der Waals surface area contributed by atoms with Gasteiger partial charge in [0.05, 0.1) is 5.57 Å². The van der Waals surface area contributed by atoms with Crippen LogP contribution in [0.15, 0.2) is 59.6 Å². The Bertz CT molecular complexity index is 1040. The summed E-state index contributed by atoms with van der Waals surface area (Å²) in [6.07, 6.45) is 3.36. The minimum absolute atomic E-state index is 0.228. The van der Waals surface area contributed by atoms with Crippen LogP contribution in [0.1, 0.15) is 15.9 Å². The number of hydrogen-bond donors (Lipinski definition) is 3. The van der Waals surface area contributed by atoms with Gasteiger partial charge in [0.15, 0.2) is 0 Å². The zero-order valence-electron chi connectivity index (χ0n) is 13.5. The number of carbonyl (C=O) groups excluding carboxylic acids is 2. The molecule has 0 fully saturated rings. The molecule has 1 aliphatic heterocycles. The molecule has 4 N–H and O–H groups in total. The van der Waals surface area contributed by atoms with Crippen LogP contribution >= 0.6 is 11.3 Å². The monoisotopic (exact) mass is 362 g/mol. The van der Waals surface area contributed by atoms with Crippen molar-refractivity contribution in [3.63, 3.8) is 0 Å². The average molecular weight is 362 g/mol. The molecular weight excluding hydrogens is 348 g/mol. The predicted octanol–water partition coefficient (Wildman–Crippen LogP) is 3.31. The smallest absolute Gasteiger partial charge is 0.259 e. The number of primary amides is 1. The first-order valence-corrected chi connectivity index (χ1v) is 8.77. The van der Waals surface area contributed by atoms with Crippen LogP contribution in [-0.2, 0) is 4.79 Å². The van der Waals surface area contributed by atoms with Gasteiger partial charge < -0.3 is 16.4 Å². The van der Waals surface area contributed by atoms with Gasteiger partial charge in [-0.1, -0.05) is 6.07 Å². The Morgan fingerprint density at radius 3 is 2.88 bits per heavy atom. The van der Waals surface area contributed by atoms with Crippen LogP contribution in [0.2, 0.25) is 0 Å². The van der Waals surface area contributed by atoms with E-state index in [2.05, 4.69) is 15.6 Å². The standard InChI is InChI=1S/C19H14N4O2S/c20-17(24)11-2-1-3-14(6-11)21-9-16-15-7-13(12-4-5-26-10-12)8-22-18(15)23-19(16)25/h1-10,21H,(H2,20,24)(H,22,23,25). The fraction of sp³-hybridized carbons (Fsp3) is 0. The summed E-state index contributed by atoms with van der Waals surface area (Å²) in [4.78, 5) is 27.9. The van der Waals surface area contributed by atoms with E-state index in [1.165, 1.54) is 0 Å². The minimum Gasteiger partial charge on any atom is -0.366 e. The maximum absolute atomic E-state index is 12.3. The molecule has 2 amide bonds. The van der Waals surface area contributed by atoms with E-state index in [0.717, 1.165) is 16.7 Å². The topological polar surface area (TPSA) is 97.1 Å². The van der Waals surface area contributed by atoms with Gasteiger partial charge in [-0.15, -0.1) is 0 Å². The molecule has 26 heavy (non-hydrogen) atoms. The number of rotatable bonds is 4. The van der Waals surface area contributed by atoms with Gasteiger partial charge in [0, 0.05) is 34.8 Å². The van der Waals surface area contributed by atoms with Gasteiger partial charge in [-0.25, -0.2) is 4.98 Å². The Hall–Kier alpha value is -3.45. The molecule has 4 rings (SSSR count). The quantitative estimate of drug-likeness (QED) is 0.620. The van der Waals surface area contributed by atoms with Crippen molar-refractivity contribution in [3.8, 4) is 11.1 Å². The number of hydrogen-bond acceptors (Lipinski definition) is 5. The van der Waals surface area contributed by atoms with E-state index in [9.17, 15) is 9.59 Å². The number of pyridine rings is 1. The highest BCUT2D eigenvalue weighted by molar-refractivity contribution is 7.08. The third kappa shape index (κ3) is 2.96. The molecule has 0 saturated heterocycles. The first-order valence-electron chi connectivity index (χ1n) is 7.83. The van der Waals surface area contributed by atoms with Gasteiger partial charge in [0.25, 0.3) is 5.91 Å². The van der Waals surface area contributed by atoms with Gasteiger partial charge in [0.2, 0.25) is 5.91 Å². The highest BCUT2D eigenvalue weighted by Gasteiger charge is 2.26. The van der Waals surface area contributed by atoms with Crippen LogP contribution in [0, 0.1) is 0 Å². The second kappa shape index (κ2) is 6.45. The number of benzene rings is 1. The van der Waals surface area contributed by atoms with Crippen LogP contribution in [-0.4, -0.2) is 16.8 Å². The number of nitrogens with zero attached hydrogens (tertiary/aromatic N) is 1. The van der Waals surface area contributed by atoms with Crippen LogP contribution < -0.4 is 16.4 Å². The Morgan fingerprint density at radius 1 is 1.23 bits per heavy atom. The highest BCUT2D eigenvalue weighted by atomic mass is 32.1. The molecule has 0 saturated carbocycles. The molecule has 1 aliphatic rings. The van der Waals surface area contributed by atoms with E-state index < -0.39 is 5.91 Å². The van der Waals surface area contributed by atoms with Crippen molar-refractivity contribution in [1.29, 1.82) is 0 Å². The summed E-state index contributed by atoms with van der Waals surface area (Å²) in [6, 6.07) is 10.7. The third-order valence-electron chi connectivity index (χ3n) is 4.04. The molecule has 0 atom stereocenters. The molecule has 2 aromatic heterocycles. The molecule has 3 heterocycles. The van der Waals surface area contributed by atoms with Gasteiger partial charge in [0.1, 0.15) is 5.82 Å². The number of fused-ring (bicyclic) bond motifs is 1. The van der Waals surface area contributed by atoms with E-state index in [-0.39, 0.29) is 5.91 Å². The fourth-order valence-corrected chi connectivity index (χ4v) is 3.38. The lowest BCUT2D eigenvalue weighted by molar-refractivity contribution is -0.110. The lowest BCUT2D eigenvalue weighted by Crippen LogP contribution is -2.11. The molecule has 0 radical (unpaired) electrons. The van der Waals surface area contributed by atoms with E-state index in [1.54, 1.807) is 48.0 Å². The molecule has 3 aromatic rings. The number of aromatic nitrogens is 1. The van der Waals surface area contributed by atoms with Crippen molar-refractivity contribution in [2.24, 2.45) is 5.73 Å². The van der Waals surface area contributed by atoms with Gasteiger partial charge in [-0.3, -0.25) is 9.59 Å². The SMILES string of the molecule is NC(=O)c1cccc(NC=C2C(=O)Nc3ncc(-c4ccsc4)cc32)c1. The van der Waals surface area contributed by atoms with Crippen molar-refractivity contribution >= 4 is 40.2 Å². The van der Waals surface area contributed by atoms with Crippen molar-refractivity contribution < 1.29 is 9.59 Å². The van der Waals surface area contributed by atoms with Crippen LogP contribution in [0.5, 0.6) is 0 Å². The zero-order valence-corrected chi connectivity index (χ0v) is 14.3. The first-order chi connectivity index (χ1) is 12.6. The molecule has 0 bridgehead atoms. The highest BCUT2D eigenvalue weighted by Crippen LogP contribution is 2.33. The number of carbonyl (C=O) groups is 2. The first kappa shape index (κ1) is 16.0. The Balaban J connectivity index is 1.67. The second-order valence-corrected chi connectivity index (χ2v) is 6.51. The largest absolute Gasteiger partial charge is 0.366 e. The van der Waals surface area contributed by atoms with Crippen molar-refractivity contribution in [2.45, 2.75) is 0 Å². The molecule has 0 aliphatic carbocycles. The van der Waals surface area contributed by atoms with Crippen LogP contribution in [0.4, 0.5) is 11.5 Å². The van der Waals surface area contributed by atoms with Crippen molar-refractivity contribution in [1.82, 2.24) is 4.98 Å². The van der Waals surface area contributed by atoms with Crippen LogP contribution in [0.25, 0.3) is 16.7 Å². The maximum Gasteiger partial charge on any atom is 0.259 e. The second-order valence-electron chi connectivity index (χ2n) is 5.73. The van der Waals surface area contributed by atoms with Gasteiger partial charge in [-0.2, -0.15) is 11.3 Å². The number of thiophene rings is 1. The lowest BCUT2D eigenvalue weighted by Gasteiger charge is -2.05. The molecule has 1 aromatic carbocycles. The predicted molar refractivity (Wildman–Crippen MR) is 103 cm³/mol. The summed E-state index contributed by atoms with van der Waals surface area (Å²) in [6.45, 7) is 0. The Kier molecular flexibility index (Phi) is 3.98. The Labute approximate surface area is 153 Å². The molecule has 0 unspecified atom stereocenters. The number of amides is 2. The number of nitrogens with two attached hydrogens (primary N) is 1. The zero-order chi connectivity index (χ0) is 18.1. The summed E-state index contributed by atoms with van der Waals surface area (Å²) in [5, 5.41) is 9.84. The molecule has 6 nitrogen and oxygen atoms in total. The van der Waals surface area contributed by atoms with Crippen LogP contribution in [0.3, 0.4) is 0 Å². The molecule has 128 valence electrons. The molecule has 0 spiro atoms. The van der Waals surface area contributed by atoms with E-state index in [4.69, 9.17) is 5.73 Å². The summed E-state index contributed by atoms with van der Waals surface area (Å²) in [5.74, 6) is -0.198. The van der Waals surface area contributed by atoms with E-state index >= 15 is 0 Å². The number of anilines is 2. The molecule has 7 heteroatoms. The third-order valence-corrected chi connectivity index (χ3v) is 4.72. The average Bonchev–Trinajstić information content (AvgIpc) is 3.27. The van der Waals surface area contributed by atoms with Crippen molar-refractivity contribution in [2.75, 3.05) is 10.6 Å². The summed E-state index contributed by atoms with van der Waals surface area (Å²) >= 11 is 1.61. The van der Waals surface area contributed by atoms with Gasteiger partial charge >= 0.3 is 0 Å². The van der Waals surface area contributed by atoms with Crippen molar-refractivity contribution in [3.05, 3.63) is 70.7 Å². The fourth-order valence-electron chi connectivity index (χ4n) is 2.71. The Morgan fingerprint density at radius 2 is 2.12 bits per heavy atom.